The first-order valence-corrected chi connectivity index (χ1v) is 7.42. The molecule has 0 saturated carbocycles. The van der Waals surface area contributed by atoms with Crippen LogP contribution in [-0.4, -0.2) is 23.5 Å². The summed E-state index contributed by atoms with van der Waals surface area (Å²) in [5.74, 6) is -0.0315. The van der Waals surface area contributed by atoms with Crippen molar-refractivity contribution >= 4 is 53.4 Å². The van der Waals surface area contributed by atoms with E-state index in [1.54, 1.807) is 22.7 Å². The molecule has 0 saturated heterocycles. The predicted molar refractivity (Wildman–Crippen MR) is 90.3 cm³/mol. The maximum Gasteiger partial charge on any atom is 0.226 e. The first kappa shape index (κ1) is 19.3. The standard InChI is InChI=1S/C12H15N3OS2.2ClH/c1-8(6-13)14-11(16)5-9-7-18-12(15-9)10-3-2-4-17-10;;/h2-4,7-8H,5-6,13H2,1H3,(H,14,16);2*1H/t8-;;/m0../s1. The highest BCUT2D eigenvalue weighted by atomic mass is 35.5. The van der Waals surface area contributed by atoms with Crippen molar-refractivity contribution in [2.75, 3.05) is 6.54 Å². The predicted octanol–water partition coefficient (Wildman–Crippen LogP) is 2.72. The molecule has 112 valence electrons. The number of nitrogens with one attached hydrogen (secondary N) is 1. The van der Waals surface area contributed by atoms with Gasteiger partial charge in [0.25, 0.3) is 0 Å². The number of thiophene rings is 1. The molecular weight excluding hydrogens is 337 g/mol. The molecule has 1 amide bonds. The summed E-state index contributed by atoms with van der Waals surface area (Å²) in [5.41, 5.74) is 6.27. The molecule has 0 radical (unpaired) electrons. The van der Waals surface area contributed by atoms with Crippen LogP contribution in [0.4, 0.5) is 0 Å². The Morgan fingerprint density at radius 3 is 2.80 bits per heavy atom. The van der Waals surface area contributed by atoms with Crippen molar-refractivity contribution in [2.24, 2.45) is 5.73 Å². The summed E-state index contributed by atoms with van der Waals surface area (Å²) in [6.45, 7) is 2.33. The van der Waals surface area contributed by atoms with E-state index in [9.17, 15) is 4.79 Å². The molecule has 2 aromatic rings. The second-order valence-electron chi connectivity index (χ2n) is 4.00. The number of hydrogen-bond donors (Lipinski definition) is 2. The molecule has 20 heavy (non-hydrogen) atoms. The maximum atomic E-state index is 11.7. The van der Waals surface area contributed by atoms with Gasteiger partial charge < -0.3 is 11.1 Å². The van der Waals surface area contributed by atoms with Gasteiger partial charge in [0, 0.05) is 18.0 Å². The summed E-state index contributed by atoms with van der Waals surface area (Å²) >= 11 is 3.22. The van der Waals surface area contributed by atoms with Crippen LogP contribution in [0.1, 0.15) is 12.6 Å². The molecule has 0 spiro atoms. The van der Waals surface area contributed by atoms with Crippen molar-refractivity contribution in [3.63, 3.8) is 0 Å². The Kier molecular flexibility index (Phi) is 9.00. The van der Waals surface area contributed by atoms with Crippen LogP contribution in [0.15, 0.2) is 22.9 Å². The summed E-state index contributed by atoms with van der Waals surface area (Å²) in [6, 6.07) is 4.04. The monoisotopic (exact) mass is 353 g/mol. The van der Waals surface area contributed by atoms with E-state index >= 15 is 0 Å². The molecule has 0 aliphatic heterocycles. The van der Waals surface area contributed by atoms with Crippen LogP contribution in [0.5, 0.6) is 0 Å². The Balaban J connectivity index is 0.00000180. The zero-order valence-corrected chi connectivity index (χ0v) is 14.1. The van der Waals surface area contributed by atoms with E-state index in [0.29, 0.717) is 13.0 Å². The lowest BCUT2D eigenvalue weighted by molar-refractivity contribution is -0.121. The van der Waals surface area contributed by atoms with E-state index in [1.807, 2.05) is 29.8 Å². The topological polar surface area (TPSA) is 68.0 Å². The average Bonchev–Trinajstić information content (AvgIpc) is 2.98. The number of aromatic nitrogens is 1. The van der Waals surface area contributed by atoms with Crippen LogP contribution in [0.3, 0.4) is 0 Å². The van der Waals surface area contributed by atoms with Gasteiger partial charge in [-0.2, -0.15) is 0 Å². The van der Waals surface area contributed by atoms with Crippen LogP contribution in [0.2, 0.25) is 0 Å². The normalized spacial score (nSPS) is 11.1. The SMILES string of the molecule is C[C@@H](CN)NC(=O)Cc1csc(-c2cccs2)n1.Cl.Cl. The zero-order chi connectivity index (χ0) is 13.0. The molecule has 0 fully saturated rings. The lowest BCUT2D eigenvalue weighted by Gasteiger charge is -2.09. The number of nitrogens with two attached hydrogens (primary N) is 1. The number of thiazole rings is 1. The molecule has 0 aromatic carbocycles. The van der Waals surface area contributed by atoms with Gasteiger partial charge in [0.15, 0.2) is 0 Å². The zero-order valence-electron chi connectivity index (χ0n) is 10.9. The average molecular weight is 354 g/mol. The Morgan fingerprint density at radius 1 is 1.45 bits per heavy atom. The highest BCUT2D eigenvalue weighted by Crippen LogP contribution is 2.27. The minimum absolute atomic E-state index is 0. The van der Waals surface area contributed by atoms with Crippen LogP contribution >= 0.6 is 47.5 Å². The van der Waals surface area contributed by atoms with Crippen molar-refractivity contribution in [2.45, 2.75) is 19.4 Å². The molecule has 1 atom stereocenters. The highest BCUT2D eigenvalue weighted by Gasteiger charge is 2.10. The van der Waals surface area contributed by atoms with Gasteiger partial charge in [-0.25, -0.2) is 4.98 Å². The Morgan fingerprint density at radius 2 is 2.20 bits per heavy atom. The number of carbonyl (C=O) groups is 1. The third kappa shape index (κ3) is 5.38. The molecular formula is C12H17Cl2N3OS2. The van der Waals surface area contributed by atoms with Gasteiger partial charge in [0.05, 0.1) is 17.0 Å². The largest absolute Gasteiger partial charge is 0.352 e. The minimum atomic E-state index is -0.0315. The molecule has 0 aliphatic carbocycles. The fraction of sp³-hybridized carbons (Fsp3) is 0.333. The van der Waals surface area contributed by atoms with Gasteiger partial charge in [0.1, 0.15) is 5.01 Å². The summed E-state index contributed by atoms with van der Waals surface area (Å²) in [4.78, 5) is 17.3. The van der Waals surface area contributed by atoms with E-state index in [0.717, 1.165) is 15.6 Å². The number of carbonyl (C=O) groups excluding carboxylic acids is 1. The second-order valence-corrected chi connectivity index (χ2v) is 5.81. The molecule has 4 nitrogen and oxygen atoms in total. The summed E-state index contributed by atoms with van der Waals surface area (Å²) in [5, 5.41) is 7.75. The summed E-state index contributed by atoms with van der Waals surface area (Å²) < 4.78 is 0. The van der Waals surface area contributed by atoms with Crippen LogP contribution in [0.25, 0.3) is 9.88 Å². The number of halogens is 2. The quantitative estimate of drug-likeness (QED) is 0.868. The minimum Gasteiger partial charge on any atom is -0.352 e. The Hall–Kier alpha value is -0.660. The van der Waals surface area contributed by atoms with Crippen LogP contribution < -0.4 is 11.1 Å². The highest BCUT2D eigenvalue weighted by molar-refractivity contribution is 7.20. The van der Waals surface area contributed by atoms with Crippen molar-refractivity contribution in [3.05, 3.63) is 28.6 Å². The van der Waals surface area contributed by atoms with Gasteiger partial charge in [-0.3, -0.25) is 4.79 Å². The fourth-order valence-corrected chi connectivity index (χ4v) is 3.08. The smallest absolute Gasteiger partial charge is 0.226 e. The third-order valence-corrected chi connectivity index (χ3v) is 4.32. The molecule has 0 unspecified atom stereocenters. The molecule has 2 rings (SSSR count). The number of nitrogens with zero attached hydrogens (tertiary/aromatic N) is 1. The molecule has 3 N–H and O–H groups in total. The summed E-state index contributed by atoms with van der Waals surface area (Å²) in [6.07, 6.45) is 0.312. The lowest BCUT2D eigenvalue weighted by Crippen LogP contribution is -2.38. The van der Waals surface area contributed by atoms with E-state index in [1.165, 1.54) is 0 Å². The third-order valence-electron chi connectivity index (χ3n) is 2.39. The van der Waals surface area contributed by atoms with E-state index in [2.05, 4.69) is 10.3 Å². The molecule has 0 aliphatic rings. The second kappa shape index (κ2) is 9.31. The Labute approximate surface area is 138 Å². The van der Waals surface area contributed by atoms with Crippen molar-refractivity contribution < 1.29 is 4.79 Å². The van der Waals surface area contributed by atoms with E-state index in [4.69, 9.17) is 5.73 Å². The Bertz CT molecular complexity index is 517. The van der Waals surface area contributed by atoms with Gasteiger partial charge in [0.2, 0.25) is 5.91 Å². The molecule has 2 aromatic heterocycles. The first-order valence-electron chi connectivity index (χ1n) is 5.66. The first-order chi connectivity index (χ1) is 8.69. The van der Waals surface area contributed by atoms with E-state index < -0.39 is 0 Å². The molecule has 8 heteroatoms. The fourth-order valence-electron chi connectivity index (χ4n) is 1.45. The van der Waals surface area contributed by atoms with Crippen molar-refractivity contribution in [1.82, 2.24) is 10.3 Å². The van der Waals surface area contributed by atoms with E-state index in [-0.39, 0.29) is 36.8 Å². The number of rotatable bonds is 5. The van der Waals surface area contributed by atoms with Crippen LogP contribution in [-0.2, 0) is 11.2 Å². The lowest BCUT2D eigenvalue weighted by atomic mass is 10.3. The van der Waals surface area contributed by atoms with Crippen molar-refractivity contribution in [1.29, 1.82) is 0 Å². The number of amides is 1. The number of hydrogen-bond acceptors (Lipinski definition) is 5. The van der Waals surface area contributed by atoms with Crippen LogP contribution in [0, 0.1) is 0 Å². The van der Waals surface area contributed by atoms with Gasteiger partial charge in [-0.15, -0.1) is 47.5 Å². The molecule has 2 heterocycles. The van der Waals surface area contributed by atoms with Crippen molar-refractivity contribution in [3.8, 4) is 9.88 Å². The maximum absolute atomic E-state index is 11.7. The van der Waals surface area contributed by atoms with Gasteiger partial charge >= 0.3 is 0 Å². The van der Waals surface area contributed by atoms with Gasteiger partial charge in [-0.1, -0.05) is 6.07 Å². The molecule has 0 bridgehead atoms. The van der Waals surface area contributed by atoms with Gasteiger partial charge in [-0.05, 0) is 18.4 Å². The summed E-state index contributed by atoms with van der Waals surface area (Å²) in [7, 11) is 0.